The van der Waals surface area contributed by atoms with Gasteiger partial charge in [0.1, 0.15) is 5.75 Å². The van der Waals surface area contributed by atoms with Crippen molar-refractivity contribution in [3.8, 4) is 18.1 Å². The number of nitrogens with one attached hydrogen (secondary N) is 1. The lowest BCUT2D eigenvalue weighted by atomic mass is 10.3. The number of carbonyl (C=O) groups is 1. The van der Waals surface area contributed by atoms with Crippen molar-refractivity contribution in [3.63, 3.8) is 0 Å². The average molecular weight is 370 g/mol. The maximum atomic E-state index is 12.0. The highest BCUT2D eigenvalue weighted by Gasteiger charge is 2.42. The van der Waals surface area contributed by atoms with Crippen molar-refractivity contribution in [2.45, 2.75) is 18.8 Å². The summed E-state index contributed by atoms with van der Waals surface area (Å²) in [4.78, 5) is 10.6. The molecule has 1 N–H and O–H groups in total. The molecule has 0 aliphatic heterocycles. The zero-order valence-electron chi connectivity index (χ0n) is 11.6. The van der Waals surface area contributed by atoms with Crippen molar-refractivity contribution in [1.82, 2.24) is 5.32 Å². The molecule has 0 spiro atoms. The molecule has 1 atom stereocenters. The van der Waals surface area contributed by atoms with Gasteiger partial charge in [-0.15, -0.1) is 6.42 Å². The Labute approximate surface area is 140 Å². The number of hydrogen-bond donors (Lipinski definition) is 1. The second-order valence-corrected chi connectivity index (χ2v) is 5.02. The van der Waals surface area contributed by atoms with Gasteiger partial charge >= 0.3 is 12.1 Å². The van der Waals surface area contributed by atoms with Crippen molar-refractivity contribution >= 4 is 29.2 Å². The van der Waals surface area contributed by atoms with Crippen LogP contribution in [0.5, 0.6) is 5.75 Å². The van der Waals surface area contributed by atoms with Gasteiger partial charge in [0.15, 0.2) is 0 Å². The van der Waals surface area contributed by atoms with E-state index in [1.807, 2.05) is 5.92 Å². The van der Waals surface area contributed by atoms with E-state index in [-0.39, 0.29) is 13.2 Å². The number of benzene rings is 1. The minimum atomic E-state index is -5.09. The predicted octanol–water partition coefficient (Wildman–Crippen LogP) is 3.42. The summed E-state index contributed by atoms with van der Waals surface area (Å²) in [5, 5.41) is 3.27. The van der Waals surface area contributed by atoms with Crippen LogP contribution in [0.4, 0.5) is 13.2 Å². The van der Waals surface area contributed by atoms with Gasteiger partial charge in [0, 0.05) is 11.6 Å². The maximum absolute atomic E-state index is 12.0. The second kappa shape index (κ2) is 8.87. The fraction of sp³-hybridized carbons (Fsp3) is 0.357. The van der Waals surface area contributed by atoms with Gasteiger partial charge in [-0.1, -0.05) is 23.2 Å². The number of rotatable bonds is 7. The molecule has 0 bridgehead atoms. The molecular weight excluding hydrogens is 358 g/mol. The van der Waals surface area contributed by atoms with Crippen LogP contribution in [0.15, 0.2) is 18.2 Å². The summed E-state index contributed by atoms with van der Waals surface area (Å²) < 4.78 is 45.5. The van der Waals surface area contributed by atoms with Crippen molar-refractivity contribution in [2.75, 3.05) is 13.2 Å². The Bertz CT molecular complexity index is 588. The molecule has 1 aromatic carbocycles. The Morgan fingerprint density at radius 1 is 1.39 bits per heavy atom. The molecular formula is C14H12Cl2F3NO3. The highest BCUT2D eigenvalue weighted by molar-refractivity contribution is 6.35. The summed E-state index contributed by atoms with van der Waals surface area (Å²) in [5.41, 5.74) is 0. The van der Waals surface area contributed by atoms with Crippen LogP contribution in [0.2, 0.25) is 10.0 Å². The SMILES string of the molecule is C#CC(NCCCOc1ccc(Cl)cc1Cl)OC(=O)C(F)(F)F. The monoisotopic (exact) mass is 369 g/mol. The van der Waals surface area contributed by atoms with Crippen LogP contribution in [0.1, 0.15) is 6.42 Å². The summed E-state index contributed by atoms with van der Waals surface area (Å²) in [7, 11) is 0. The van der Waals surface area contributed by atoms with Crippen LogP contribution < -0.4 is 10.1 Å². The first kappa shape index (κ1) is 19.4. The quantitative estimate of drug-likeness (QED) is 0.346. The number of hydrogen-bond acceptors (Lipinski definition) is 4. The standard InChI is InChI=1S/C14H12Cl2F3NO3/c1-2-12(23-13(21)14(17,18)19)20-6-3-7-22-11-5-4-9(15)8-10(11)16/h1,4-5,8,12,20H,3,6-7H2. The van der Waals surface area contributed by atoms with E-state index < -0.39 is 18.4 Å². The molecule has 4 nitrogen and oxygen atoms in total. The Kier molecular flexibility index (Phi) is 7.49. The molecule has 0 aromatic heterocycles. The van der Waals surface area contributed by atoms with Gasteiger partial charge in [-0.2, -0.15) is 13.2 Å². The average Bonchev–Trinajstić information content (AvgIpc) is 2.46. The molecule has 0 aliphatic carbocycles. The van der Waals surface area contributed by atoms with Crippen molar-refractivity contribution < 1.29 is 27.4 Å². The minimum Gasteiger partial charge on any atom is -0.492 e. The van der Waals surface area contributed by atoms with Crippen molar-refractivity contribution in [1.29, 1.82) is 0 Å². The summed E-state index contributed by atoms with van der Waals surface area (Å²) >= 11 is 11.6. The third-order valence-corrected chi connectivity index (χ3v) is 2.94. The van der Waals surface area contributed by atoms with E-state index in [9.17, 15) is 18.0 Å². The Morgan fingerprint density at radius 2 is 2.09 bits per heavy atom. The number of alkyl halides is 3. The van der Waals surface area contributed by atoms with E-state index in [0.29, 0.717) is 22.2 Å². The molecule has 23 heavy (non-hydrogen) atoms. The lowest BCUT2D eigenvalue weighted by molar-refractivity contribution is -0.203. The molecule has 1 rings (SSSR count). The molecule has 1 unspecified atom stereocenters. The number of terminal acetylenes is 1. The van der Waals surface area contributed by atoms with Crippen molar-refractivity contribution in [2.24, 2.45) is 0 Å². The molecule has 126 valence electrons. The zero-order chi connectivity index (χ0) is 17.5. The Morgan fingerprint density at radius 3 is 2.65 bits per heavy atom. The lowest BCUT2D eigenvalue weighted by Crippen LogP contribution is -2.38. The number of ether oxygens (including phenoxy) is 2. The Balaban J connectivity index is 2.30. The molecule has 1 aromatic rings. The summed E-state index contributed by atoms with van der Waals surface area (Å²) in [5.74, 6) is -0.0275. The molecule has 0 amide bonds. The van der Waals surface area contributed by atoms with Gasteiger partial charge in [-0.25, -0.2) is 4.79 Å². The second-order valence-electron chi connectivity index (χ2n) is 4.18. The molecule has 0 fully saturated rings. The molecule has 0 radical (unpaired) electrons. The number of halogens is 5. The van der Waals surface area contributed by atoms with E-state index in [1.165, 1.54) is 6.07 Å². The molecule has 0 saturated heterocycles. The van der Waals surface area contributed by atoms with Crippen LogP contribution in [-0.2, 0) is 9.53 Å². The minimum absolute atomic E-state index is 0.172. The van der Waals surface area contributed by atoms with E-state index in [4.69, 9.17) is 34.4 Å². The maximum Gasteiger partial charge on any atom is 0.491 e. The van der Waals surface area contributed by atoms with Crippen molar-refractivity contribution in [3.05, 3.63) is 28.2 Å². The van der Waals surface area contributed by atoms with Gasteiger partial charge in [0.05, 0.1) is 11.6 Å². The normalized spacial score (nSPS) is 12.3. The van der Waals surface area contributed by atoms with Crippen LogP contribution >= 0.6 is 23.2 Å². The third-order valence-electron chi connectivity index (χ3n) is 2.41. The van der Waals surface area contributed by atoms with Gasteiger partial charge < -0.3 is 9.47 Å². The van der Waals surface area contributed by atoms with Crippen LogP contribution in [0.25, 0.3) is 0 Å². The van der Waals surface area contributed by atoms with Gasteiger partial charge in [0.25, 0.3) is 0 Å². The van der Waals surface area contributed by atoms with Gasteiger partial charge in [-0.3, -0.25) is 5.32 Å². The highest BCUT2D eigenvalue weighted by Crippen LogP contribution is 2.27. The third kappa shape index (κ3) is 6.99. The lowest BCUT2D eigenvalue weighted by Gasteiger charge is -2.15. The Hall–Kier alpha value is -1.62. The van der Waals surface area contributed by atoms with Gasteiger partial charge in [-0.05, 0) is 30.5 Å². The first-order valence-corrected chi connectivity index (χ1v) is 7.05. The summed E-state index contributed by atoms with van der Waals surface area (Å²) in [6.07, 6.45) is -1.19. The largest absolute Gasteiger partial charge is 0.492 e. The van der Waals surface area contributed by atoms with E-state index in [1.54, 1.807) is 12.1 Å². The number of esters is 1. The smallest absolute Gasteiger partial charge is 0.491 e. The summed E-state index contributed by atoms with van der Waals surface area (Å²) in [6, 6.07) is 4.71. The highest BCUT2D eigenvalue weighted by atomic mass is 35.5. The fourth-order valence-corrected chi connectivity index (χ4v) is 1.85. The van der Waals surface area contributed by atoms with Crippen LogP contribution in [-0.4, -0.2) is 31.5 Å². The van der Waals surface area contributed by atoms with Crippen LogP contribution in [0, 0.1) is 12.3 Å². The van der Waals surface area contributed by atoms with E-state index >= 15 is 0 Å². The topological polar surface area (TPSA) is 47.6 Å². The molecule has 0 saturated carbocycles. The van der Waals surface area contributed by atoms with Gasteiger partial charge in [0.2, 0.25) is 6.23 Å². The van der Waals surface area contributed by atoms with E-state index in [2.05, 4.69) is 10.1 Å². The number of carbonyl (C=O) groups excluding carboxylic acids is 1. The van der Waals surface area contributed by atoms with Crippen LogP contribution in [0.3, 0.4) is 0 Å². The summed E-state index contributed by atoms with van der Waals surface area (Å²) in [6.45, 7) is 0.393. The first-order chi connectivity index (χ1) is 10.7. The fourth-order valence-electron chi connectivity index (χ4n) is 1.39. The zero-order valence-corrected chi connectivity index (χ0v) is 13.1. The molecule has 9 heteroatoms. The molecule has 0 heterocycles. The first-order valence-electron chi connectivity index (χ1n) is 6.29. The predicted molar refractivity (Wildman–Crippen MR) is 79.3 cm³/mol. The molecule has 0 aliphatic rings. The van der Waals surface area contributed by atoms with E-state index in [0.717, 1.165) is 0 Å².